The molecule has 0 spiro atoms. The predicted octanol–water partition coefficient (Wildman–Crippen LogP) is 1.35. The van der Waals surface area contributed by atoms with Crippen molar-refractivity contribution in [2.45, 2.75) is 19.4 Å². The van der Waals surface area contributed by atoms with E-state index in [1.807, 2.05) is 37.9 Å². The topological polar surface area (TPSA) is 78.2 Å². The maximum Gasteiger partial charge on any atom is 0.0672 e. The molecule has 0 radical (unpaired) electrons. The molecule has 0 unspecified atom stereocenters. The Balaban J connectivity index is 2.50. The normalized spacial score (nSPS) is 12.0. The number of nitrogen functional groups attached to an aromatic ring is 1. The number of nitrogens with two attached hydrogens (primary N) is 1. The van der Waals surface area contributed by atoms with Crippen molar-refractivity contribution < 1.29 is 5.11 Å². The number of likely N-dealkylation sites (N-methyl/N-ethyl adjacent to an activating group) is 1. The third-order valence-electron chi connectivity index (χ3n) is 3.24. The van der Waals surface area contributed by atoms with Crippen molar-refractivity contribution >= 4 is 22.3 Å². The molecule has 0 aliphatic heterocycles. The molecule has 4 N–H and O–H groups in total. The van der Waals surface area contributed by atoms with E-state index < -0.39 is 0 Å². The van der Waals surface area contributed by atoms with Crippen LogP contribution in [-0.4, -0.2) is 34.5 Å². The Morgan fingerprint density at radius 2 is 2.18 bits per heavy atom. The lowest BCUT2D eigenvalue weighted by Crippen LogP contribution is -2.44. The largest absolute Gasteiger partial charge is 0.397 e. The lowest BCUT2D eigenvalue weighted by molar-refractivity contribution is 0.216. The Bertz CT molecular complexity index is 532. The average molecular weight is 234 g/mol. The van der Waals surface area contributed by atoms with E-state index in [1.165, 1.54) is 0 Å². The average Bonchev–Trinajstić information content (AvgIpc) is 2.73. The van der Waals surface area contributed by atoms with Crippen LogP contribution in [0.25, 0.3) is 10.9 Å². The third-order valence-corrected chi connectivity index (χ3v) is 3.24. The summed E-state index contributed by atoms with van der Waals surface area (Å²) in [5.74, 6) is 0. The first-order valence-corrected chi connectivity index (χ1v) is 5.53. The van der Waals surface area contributed by atoms with Crippen molar-refractivity contribution in [1.29, 1.82) is 0 Å². The van der Waals surface area contributed by atoms with E-state index in [9.17, 15) is 5.11 Å². The fraction of sp³-hybridized carbons (Fsp3) is 0.417. The van der Waals surface area contributed by atoms with Crippen LogP contribution in [0.1, 0.15) is 13.8 Å². The maximum absolute atomic E-state index is 9.39. The Labute approximate surface area is 100 Å². The molecular formula is C12H18N4O. The first-order valence-electron chi connectivity index (χ1n) is 5.53. The predicted molar refractivity (Wildman–Crippen MR) is 70.1 cm³/mol. The van der Waals surface area contributed by atoms with Gasteiger partial charge in [-0.3, -0.25) is 5.10 Å². The monoisotopic (exact) mass is 234 g/mol. The van der Waals surface area contributed by atoms with Gasteiger partial charge < -0.3 is 15.7 Å². The smallest absolute Gasteiger partial charge is 0.0672 e. The van der Waals surface area contributed by atoms with Crippen LogP contribution in [0.5, 0.6) is 0 Å². The van der Waals surface area contributed by atoms with E-state index in [2.05, 4.69) is 10.2 Å². The summed E-state index contributed by atoms with van der Waals surface area (Å²) in [5, 5.41) is 17.3. The van der Waals surface area contributed by atoms with Gasteiger partial charge in [0.2, 0.25) is 0 Å². The van der Waals surface area contributed by atoms with E-state index >= 15 is 0 Å². The van der Waals surface area contributed by atoms with Gasteiger partial charge in [0.05, 0.1) is 35.2 Å². The van der Waals surface area contributed by atoms with Crippen LogP contribution in [0.2, 0.25) is 0 Å². The van der Waals surface area contributed by atoms with Crippen molar-refractivity contribution in [2.75, 3.05) is 24.3 Å². The van der Waals surface area contributed by atoms with Crippen LogP contribution in [0.4, 0.5) is 11.4 Å². The van der Waals surface area contributed by atoms with Gasteiger partial charge in [-0.25, -0.2) is 0 Å². The molecule has 1 aromatic carbocycles. The van der Waals surface area contributed by atoms with Crippen molar-refractivity contribution in [2.24, 2.45) is 0 Å². The minimum absolute atomic E-state index is 0.0595. The van der Waals surface area contributed by atoms with Crippen molar-refractivity contribution in [3.05, 3.63) is 18.3 Å². The number of aliphatic hydroxyl groups is 1. The fourth-order valence-corrected chi connectivity index (χ4v) is 1.72. The molecular weight excluding hydrogens is 216 g/mol. The number of nitrogens with zero attached hydrogens (tertiary/aromatic N) is 2. The number of nitrogens with one attached hydrogen (secondary N) is 1. The molecule has 1 aromatic heterocycles. The summed E-state index contributed by atoms with van der Waals surface area (Å²) >= 11 is 0. The van der Waals surface area contributed by atoms with E-state index in [-0.39, 0.29) is 12.1 Å². The van der Waals surface area contributed by atoms with Crippen molar-refractivity contribution in [3.8, 4) is 0 Å². The molecule has 2 rings (SSSR count). The van der Waals surface area contributed by atoms with Crippen LogP contribution in [0, 0.1) is 0 Å². The molecule has 1 heterocycles. The number of benzene rings is 1. The second kappa shape index (κ2) is 3.92. The highest BCUT2D eigenvalue weighted by Crippen LogP contribution is 2.31. The first-order chi connectivity index (χ1) is 7.95. The number of aromatic amines is 1. The summed E-state index contributed by atoms with van der Waals surface area (Å²) in [7, 11) is 1.92. The second-order valence-corrected chi connectivity index (χ2v) is 4.90. The number of hydrogen-bond donors (Lipinski definition) is 3. The molecule has 0 saturated heterocycles. The molecule has 0 aliphatic rings. The van der Waals surface area contributed by atoms with Crippen LogP contribution >= 0.6 is 0 Å². The second-order valence-electron chi connectivity index (χ2n) is 4.90. The van der Waals surface area contributed by atoms with Gasteiger partial charge in [-0.1, -0.05) is 0 Å². The first kappa shape index (κ1) is 11.7. The number of H-pyrrole nitrogens is 1. The van der Waals surface area contributed by atoms with E-state index in [0.29, 0.717) is 5.69 Å². The summed E-state index contributed by atoms with van der Waals surface area (Å²) in [6.07, 6.45) is 1.74. The zero-order valence-electron chi connectivity index (χ0n) is 10.4. The van der Waals surface area contributed by atoms with Gasteiger partial charge in [0, 0.05) is 12.4 Å². The Morgan fingerprint density at radius 1 is 1.47 bits per heavy atom. The van der Waals surface area contributed by atoms with Crippen LogP contribution in [0.3, 0.4) is 0 Å². The highest BCUT2D eigenvalue weighted by atomic mass is 16.3. The molecule has 0 bridgehead atoms. The molecule has 17 heavy (non-hydrogen) atoms. The summed E-state index contributed by atoms with van der Waals surface area (Å²) in [6.45, 7) is 3.98. The Hall–Kier alpha value is -1.75. The number of aliphatic hydroxyl groups excluding tert-OH is 1. The molecule has 92 valence electrons. The van der Waals surface area contributed by atoms with Gasteiger partial charge in [-0.2, -0.15) is 5.10 Å². The minimum Gasteiger partial charge on any atom is -0.397 e. The van der Waals surface area contributed by atoms with Crippen LogP contribution in [-0.2, 0) is 0 Å². The number of hydrogen-bond acceptors (Lipinski definition) is 4. The van der Waals surface area contributed by atoms with Crippen molar-refractivity contribution in [3.63, 3.8) is 0 Å². The number of rotatable bonds is 3. The molecule has 0 aliphatic carbocycles. The lowest BCUT2D eigenvalue weighted by Gasteiger charge is -2.36. The van der Waals surface area contributed by atoms with Gasteiger partial charge in [-0.05, 0) is 26.0 Å². The summed E-state index contributed by atoms with van der Waals surface area (Å²) in [6, 6.07) is 3.84. The Kier molecular flexibility index (Phi) is 2.71. The quantitative estimate of drug-likeness (QED) is 0.700. The number of anilines is 2. The SMILES string of the molecule is CN(c1cc2[nH]ncc2cc1N)C(C)(C)CO. The molecule has 5 heteroatoms. The molecule has 5 nitrogen and oxygen atoms in total. The Morgan fingerprint density at radius 3 is 2.82 bits per heavy atom. The minimum atomic E-state index is -0.359. The maximum atomic E-state index is 9.39. The van der Waals surface area contributed by atoms with Gasteiger partial charge >= 0.3 is 0 Å². The van der Waals surface area contributed by atoms with Gasteiger partial charge in [-0.15, -0.1) is 0 Å². The molecule has 0 atom stereocenters. The van der Waals surface area contributed by atoms with E-state index in [0.717, 1.165) is 16.6 Å². The summed E-state index contributed by atoms with van der Waals surface area (Å²) in [5.41, 5.74) is 8.19. The summed E-state index contributed by atoms with van der Waals surface area (Å²) < 4.78 is 0. The standard InChI is InChI=1S/C12H18N4O/c1-12(2,7-17)16(3)11-5-10-8(4-9(11)13)6-14-15-10/h4-6,17H,7,13H2,1-3H3,(H,14,15). The van der Waals surface area contributed by atoms with Crippen LogP contribution < -0.4 is 10.6 Å². The van der Waals surface area contributed by atoms with Gasteiger partial charge in [0.15, 0.2) is 0 Å². The molecule has 0 amide bonds. The van der Waals surface area contributed by atoms with E-state index in [1.54, 1.807) is 6.20 Å². The highest BCUT2D eigenvalue weighted by molar-refractivity contribution is 5.89. The number of aromatic nitrogens is 2. The third kappa shape index (κ3) is 1.93. The fourth-order valence-electron chi connectivity index (χ4n) is 1.72. The number of fused-ring (bicyclic) bond motifs is 1. The van der Waals surface area contributed by atoms with Gasteiger partial charge in [0.25, 0.3) is 0 Å². The lowest BCUT2D eigenvalue weighted by atomic mass is 10.0. The highest BCUT2D eigenvalue weighted by Gasteiger charge is 2.24. The molecule has 0 saturated carbocycles. The molecule has 2 aromatic rings. The zero-order valence-corrected chi connectivity index (χ0v) is 10.4. The van der Waals surface area contributed by atoms with Crippen molar-refractivity contribution in [1.82, 2.24) is 10.2 Å². The van der Waals surface area contributed by atoms with Gasteiger partial charge in [0.1, 0.15) is 0 Å². The van der Waals surface area contributed by atoms with Crippen LogP contribution in [0.15, 0.2) is 18.3 Å². The zero-order chi connectivity index (χ0) is 12.6. The summed E-state index contributed by atoms with van der Waals surface area (Å²) in [4.78, 5) is 1.97. The molecule has 0 fully saturated rings. The van der Waals surface area contributed by atoms with E-state index in [4.69, 9.17) is 5.73 Å².